The van der Waals surface area contributed by atoms with Gasteiger partial charge in [0.2, 0.25) is 5.52 Å². The Balaban J connectivity index is 1.79. The zero-order valence-electron chi connectivity index (χ0n) is 13.7. The highest BCUT2D eigenvalue weighted by atomic mass is 32.2. The van der Waals surface area contributed by atoms with Gasteiger partial charge in [0.15, 0.2) is 12.2 Å². The van der Waals surface area contributed by atoms with Gasteiger partial charge in [0, 0.05) is 17.0 Å². The number of para-hydroxylation sites is 1. The molecule has 0 aliphatic carbocycles. The Morgan fingerprint density at radius 2 is 1.32 bits per heavy atom. The van der Waals surface area contributed by atoms with Gasteiger partial charge in [-0.1, -0.05) is 66.7 Å². The topological polar surface area (TPSA) is 3.88 Å². The van der Waals surface area contributed by atoms with Crippen LogP contribution in [-0.2, 0) is 0 Å². The highest BCUT2D eigenvalue weighted by Gasteiger charge is 2.39. The van der Waals surface area contributed by atoms with E-state index in [-0.39, 0.29) is 6.04 Å². The van der Waals surface area contributed by atoms with Gasteiger partial charge in [-0.15, -0.1) is 11.8 Å². The van der Waals surface area contributed by atoms with Crippen LogP contribution in [0, 0.1) is 0 Å². The Morgan fingerprint density at radius 3 is 2.08 bits per heavy atom. The molecule has 120 valence electrons. The van der Waals surface area contributed by atoms with E-state index in [0.29, 0.717) is 5.25 Å². The molecule has 2 heteroatoms. The molecule has 0 radical (unpaired) electrons. The molecule has 0 fully saturated rings. The Morgan fingerprint density at radius 1 is 0.640 bits per heavy atom. The summed E-state index contributed by atoms with van der Waals surface area (Å²) in [5.74, 6) is 0. The van der Waals surface area contributed by atoms with Crippen LogP contribution in [0.25, 0.3) is 10.9 Å². The van der Waals surface area contributed by atoms with E-state index in [1.54, 1.807) is 0 Å². The number of benzene rings is 3. The number of pyridine rings is 1. The normalized spacial score (nSPS) is 19.0. The zero-order valence-corrected chi connectivity index (χ0v) is 14.6. The second-order valence-electron chi connectivity index (χ2n) is 6.41. The van der Waals surface area contributed by atoms with Gasteiger partial charge in [0.1, 0.15) is 5.25 Å². The molecule has 4 aromatic rings. The van der Waals surface area contributed by atoms with Crippen molar-refractivity contribution in [2.75, 3.05) is 0 Å². The molecule has 2 heterocycles. The van der Waals surface area contributed by atoms with Crippen LogP contribution in [0.3, 0.4) is 0 Å². The van der Waals surface area contributed by atoms with Crippen LogP contribution >= 0.6 is 11.8 Å². The average molecular weight is 340 g/mol. The zero-order chi connectivity index (χ0) is 16.6. The molecule has 5 rings (SSSR count). The predicted molar refractivity (Wildman–Crippen MR) is 104 cm³/mol. The first-order chi connectivity index (χ1) is 12.4. The van der Waals surface area contributed by atoms with E-state index in [4.69, 9.17) is 0 Å². The molecule has 0 N–H and O–H groups in total. The maximum Gasteiger partial charge on any atom is 0.226 e. The Hall–Kier alpha value is -2.58. The van der Waals surface area contributed by atoms with Crippen molar-refractivity contribution in [3.8, 4) is 0 Å². The third-order valence-electron chi connectivity index (χ3n) is 4.92. The van der Waals surface area contributed by atoms with Crippen LogP contribution in [0.15, 0.2) is 102 Å². The van der Waals surface area contributed by atoms with Crippen molar-refractivity contribution >= 4 is 22.7 Å². The van der Waals surface area contributed by atoms with Gasteiger partial charge in [0.25, 0.3) is 0 Å². The Kier molecular flexibility index (Phi) is 3.57. The molecule has 1 aromatic heterocycles. The molecule has 3 aromatic carbocycles. The first kappa shape index (κ1) is 14.7. The summed E-state index contributed by atoms with van der Waals surface area (Å²) >= 11 is 1.98. The molecule has 1 nitrogen and oxygen atoms in total. The van der Waals surface area contributed by atoms with Crippen molar-refractivity contribution in [1.82, 2.24) is 0 Å². The van der Waals surface area contributed by atoms with Gasteiger partial charge >= 0.3 is 0 Å². The minimum Gasteiger partial charge on any atom is -0.189 e. The molecule has 0 amide bonds. The fourth-order valence-electron chi connectivity index (χ4n) is 3.82. The summed E-state index contributed by atoms with van der Waals surface area (Å²) in [6, 6.07) is 33.0. The van der Waals surface area contributed by atoms with Crippen LogP contribution in [0.2, 0.25) is 0 Å². The lowest BCUT2D eigenvalue weighted by Gasteiger charge is -2.28. The van der Waals surface area contributed by atoms with Gasteiger partial charge in [-0.2, -0.15) is 4.57 Å². The molecule has 0 saturated carbocycles. The fraction of sp³-hybridized carbons (Fsp3) is 0.0870. The number of hydrogen-bond donors (Lipinski definition) is 0. The van der Waals surface area contributed by atoms with Gasteiger partial charge < -0.3 is 0 Å². The summed E-state index contributed by atoms with van der Waals surface area (Å²) in [6.07, 6.45) is 2.24. The monoisotopic (exact) mass is 340 g/mol. The maximum atomic E-state index is 2.47. The largest absolute Gasteiger partial charge is 0.226 e. The molecule has 1 aliphatic rings. The standard InChI is InChI=1S/C23H18NS/c1-3-9-18(10-4-1)22-23(19-11-5-2-6-12-19)25-20-15-7-13-17-14-8-16-24(22)21(17)20/h1-16,22-23H/q+1/t22-,23-/m1/s1. The van der Waals surface area contributed by atoms with Crippen LogP contribution in [0.5, 0.6) is 0 Å². The van der Waals surface area contributed by atoms with Crippen molar-refractivity contribution in [2.24, 2.45) is 0 Å². The minimum absolute atomic E-state index is 0.284. The fourth-order valence-corrected chi connectivity index (χ4v) is 5.29. The van der Waals surface area contributed by atoms with Crippen molar-refractivity contribution in [2.45, 2.75) is 16.2 Å². The predicted octanol–water partition coefficient (Wildman–Crippen LogP) is 5.56. The molecular weight excluding hydrogens is 322 g/mol. The lowest BCUT2D eigenvalue weighted by atomic mass is 9.96. The molecule has 1 aliphatic heterocycles. The van der Waals surface area contributed by atoms with E-state index in [9.17, 15) is 0 Å². The van der Waals surface area contributed by atoms with Crippen LogP contribution < -0.4 is 4.57 Å². The molecule has 0 saturated heterocycles. The van der Waals surface area contributed by atoms with E-state index in [1.807, 2.05) is 11.8 Å². The number of thioether (sulfide) groups is 1. The van der Waals surface area contributed by atoms with Crippen LogP contribution in [0.4, 0.5) is 0 Å². The summed E-state index contributed by atoms with van der Waals surface area (Å²) in [5.41, 5.74) is 4.08. The number of nitrogens with zero attached hydrogens (tertiary/aromatic N) is 1. The lowest BCUT2D eigenvalue weighted by Crippen LogP contribution is -2.45. The van der Waals surface area contributed by atoms with E-state index in [0.717, 1.165) is 0 Å². The summed E-state index contributed by atoms with van der Waals surface area (Å²) < 4.78 is 2.47. The SMILES string of the molecule is c1ccc([C@H]2Sc3cccc4ccc[n+](c34)[C@@H]2c2ccccc2)cc1. The number of rotatable bonds is 2. The second kappa shape index (κ2) is 6.05. The molecule has 0 unspecified atom stereocenters. The van der Waals surface area contributed by atoms with Gasteiger partial charge in [0.05, 0.1) is 4.90 Å². The third-order valence-corrected chi connectivity index (χ3v) is 6.29. The van der Waals surface area contributed by atoms with Crippen molar-refractivity contribution in [1.29, 1.82) is 0 Å². The van der Waals surface area contributed by atoms with Crippen molar-refractivity contribution in [3.05, 3.63) is 108 Å². The molecule has 25 heavy (non-hydrogen) atoms. The molecule has 0 spiro atoms. The Labute approximate surface area is 152 Å². The highest BCUT2D eigenvalue weighted by molar-refractivity contribution is 7.99. The smallest absolute Gasteiger partial charge is 0.189 e. The minimum atomic E-state index is 0.284. The number of aromatic nitrogens is 1. The lowest BCUT2D eigenvalue weighted by molar-refractivity contribution is -0.691. The maximum absolute atomic E-state index is 2.47. The summed E-state index contributed by atoms with van der Waals surface area (Å²) in [5, 5.41) is 1.66. The van der Waals surface area contributed by atoms with Crippen molar-refractivity contribution < 1.29 is 4.57 Å². The number of hydrogen-bond acceptors (Lipinski definition) is 1. The summed E-state index contributed by atoms with van der Waals surface area (Å²) in [6.45, 7) is 0. The van der Waals surface area contributed by atoms with E-state index < -0.39 is 0 Å². The quantitative estimate of drug-likeness (QED) is 0.432. The van der Waals surface area contributed by atoms with Gasteiger partial charge in [-0.3, -0.25) is 0 Å². The highest BCUT2D eigenvalue weighted by Crippen LogP contribution is 2.48. The van der Waals surface area contributed by atoms with Gasteiger partial charge in [-0.25, -0.2) is 0 Å². The van der Waals surface area contributed by atoms with Gasteiger partial charge in [-0.05, 0) is 23.8 Å². The third kappa shape index (κ3) is 2.45. The second-order valence-corrected chi connectivity index (χ2v) is 7.60. The van der Waals surface area contributed by atoms with E-state index in [1.165, 1.54) is 26.9 Å². The average Bonchev–Trinajstić information content (AvgIpc) is 2.69. The van der Waals surface area contributed by atoms with E-state index in [2.05, 4.69) is 102 Å². The summed E-state index contributed by atoms with van der Waals surface area (Å²) in [4.78, 5) is 1.36. The molecule has 2 atom stereocenters. The van der Waals surface area contributed by atoms with Crippen molar-refractivity contribution in [3.63, 3.8) is 0 Å². The first-order valence-corrected chi connectivity index (χ1v) is 9.49. The molecule has 0 bridgehead atoms. The first-order valence-electron chi connectivity index (χ1n) is 8.61. The van der Waals surface area contributed by atoms with E-state index >= 15 is 0 Å². The Bertz CT molecular complexity index is 1020. The van der Waals surface area contributed by atoms with Crippen LogP contribution in [-0.4, -0.2) is 0 Å². The summed E-state index contributed by atoms with van der Waals surface area (Å²) in [7, 11) is 0. The van der Waals surface area contributed by atoms with Crippen LogP contribution in [0.1, 0.15) is 22.4 Å². The molecular formula is C23H18NS+.